The maximum absolute atomic E-state index is 14.9. The number of halogens is 2. The highest BCUT2D eigenvalue weighted by Gasteiger charge is 2.34. The SMILES string of the molecule is CC(=O)N1CCN(c2cc(F)c(C(=O)N3CCN(c4ncc(C)cc4C)CC3)c(F)c2)C1=O. The Kier molecular flexibility index (Phi) is 6.01. The summed E-state index contributed by atoms with van der Waals surface area (Å²) in [5.41, 5.74) is 1.42. The summed E-state index contributed by atoms with van der Waals surface area (Å²) in [4.78, 5) is 46.8. The van der Waals surface area contributed by atoms with E-state index in [0.717, 1.165) is 38.9 Å². The Balaban J connectivity index is 1.48. The van der Waals surface area contributed by atoms with Gasteiger partial charge in [-0.2, -0.15) is 0 Å². The van der Waals surface area contributed by atoms with Crippen LogP contribution in [0.3, 0.4) is 0 Å². The topological polar surface area (TPSA) is 77.1 Å². The number of nitrogens with zero attached hydrogens (tertiary/aromatic N) is 5. The molecule has 174 valence electrons. The van der Waals surface area contributed by atoms with E-state index < -0.39 is 35.0 Å². The summed E-state index contributed by atoms with van der Waals surface area (Å²) in [6.45, 7) is 7.03. The van der Waals surface area contributed by atoms with Gasteiger partial charge in [0, 0.05) is 52.4 Å². The molecule has 0 atom stereocenters. The minimum atomic E-state index is -1.04. The van der Waals surface area contributed by atoms with Crippen molar-refractivity contribution in [1.29, 1.82) is 0 Å². The average molecular weight is 457 g/mol. The Hall–Kier alpha value is -3.56. The highest BCUT2D eigenvalue weighted by atomic mass is 19.1. The van der Waals surface area contributed by atoms with Gasteiger partial charge >= 0.3 is 6.03 Å². The van der Waals surface area contributed by atoms with E-state index >= 15 is 0 Å². The highest BCUT2D eigenvalue weighted by Crippen LogP contribution is 2.27. The largest absolute Gasteiger partial charge is 0.353 e. The van der Waals surface area contributed by atoms with Crippen LogP contribution in [0.15, 0.2) is 24.4 Å². The number of carbonyl (C=O) groups is 3. The molecule has 0 spiro atoms. The zero-order chi connectivity index (χ0) is 23.9. The number of aryl methyl sites for hydroxylation is 2. The molecule has 2 saturated heterocycles. The van der Waals surface area contributed by atoms with Crippen LogP contribution >= 0.6 is 0 Å². The normalized spacial score (nSPS) is 16.6. The molecule has 3 heterocycles. The number of amides is 4. The van der Waals surface area contributed by atoms with E-state index in [2.05, 4.69) is 4.98 Å². The standard InChI is InChI=1S/C23H25F2N5O3/c1-14-10-15(2)21(26-13-14)27-4-6-28(7-5-27)22(32)20-18(24)11-17(12-19(20)25)30-9-8-29(16(3)31)23(30)33/h10-13H,4-9H2,1-3H3. The van der Waals surface area contributed by atoms with E-state index in [9.17, 15) is 23.2 Å². The van der Waals surface area contributed by atoms with Gasteiger partial charge in [-0.05, 0) is 37.1 Å². The molecular weight excluding hydrogens is 432 g/mol. The number of pyridine rings is 1. The summed E-state index contributed by atoms with van der Waals surface area (Å²) in [7, 11) is 0. The zero-order valence-electron chi connectivity index (χ0n) is 18.8. The lowest BCUT2D eigenvalue weighted by Gasteiger charge is -2.36. The fraction of sp³-hybridized carbons (Fsp3) is 0.391. The van der Waals surface area contributed by atoms with E-state index in [-0.39, 0.29) is 18.8 Å². The fourth-order valence-electron chi connectivity index (χ4n) is 4.31. The van der Waals surface area contributed by atoms with Gasteiger partial charge in [0.2, 0.25) is 5.91 Å². The van der Waals surface area contributed by atoms with Crippen LogP contribution in [0.2, 0.25) is 0 Å². The van der Waals surface area contributed by atoms with Crippen molar-refractivity contribution in [1.82, 2.24) is 14.8 Å². The van der Waals surface area contributed by atoms with Crippen molar-refractivity contribution in [3.05, 3.63) is 52.7 Å². The van der Waals surface area contributed by atoms with Crippen LogP contribution in [0.4, 0.5) is 25.1 Å². The Bertz CT molecular complexity index is 1110. The summed E-state index contributed by atoms with van der Waals surface area (Å²) in [6, 6.07) is 3.32. The Morgan fingerprint density at radius 1 is 0.939 bits per heavy atom. The van der Waals surface area contributed by atoms with Gasteiger partial charge in [-0.1, -0.05) is 6.07 Å². The number of hydrogen-bond donors (Lipinski definition) is 0. The van der Waals surface area contributed by atoms with Crippen LogP contribution in [0, 0.1) is 25.5 Å². The number of benzene rings is 1. The molecule has 2 fully saturated rings. The van der Waals surface area contributed by atoms with E-state index in [1.165, 1.54) is 11.8 Å². The van der Waals surface area contributed by atoms with E-state index in [1.807, 2.05) is 24.8 Å². The molecule has 4 amide bonds. The minimum absolute atomic E-state index is 0.0268. The van der Waals surface area contributed by atoms with Gasteiger partial charge < -0.3 is 9.80 Å². The van der Waals surface area contributed by atoms with Crippen molar-refractivity contribution in [2.24, 2.45) is 0 Å². The van der Waals surface area contributed by atoms with Gasteiger partial charge in [0.05, 0.1) is 5.69 Å². The molecule has 0 N–H and O–H groups in total. The first-order valence-electron chi connectivity index (χ1n) is 10.7. The molecule has 2 aromatic rings. The van der Waals surface area contributed by atoms with Crippen LogP contribution < -0.4 is 9.80 Å². The zero-order valence-corrected chi connectivity index (χ0v) is 18.8. The third-order valence-electron chi connectivity index (χ3n) is 6.00. The summed E-state index contributed by atoms with van der Waals surface area (Å²) in [5.74, 6) is -2.41. The Morgan fingerprint density at radius 3 is 2.12 bits per heavy atom. The third-order valence-corrected chi connectivity index (χ3v) is 6.00. The lowest BCUT2D eigenvalue weighted by Crippen LogP contribution is -2.49. The molecule has 0 radical (unpaired) electrons. The molecule has 2 aliphatic rings. The first-order valence-corrected chi connectivity index (χ1v) is 10.7. The molecule has 33 heavy (non-hydrogen) atoms. The van der Waals surface area contributed by atoms with Crippen molar-refractivity contribution < 1.29 is 23.2 Å². The second-order valence-electron chi connectivity index (χ2n) is 8.32. The van der Waals surface area contributed by atoms with Crippen molar-refractivity contribution in [2.75, 3.05) is 49.1 Å². The minimum Gasteiger partial charge on any atom is -0.353 e. The summed E-state index contributed by atoms with van der Waals surface area (Å²) < 4.78 is 29.7. The molecule has 8 nitrogen and oxygen atoms in total. The molecule has 0 saturated carbocycles. The molecule has 0 bridgehead atoms. The van der Waals surface area contributed by atoms with E-state index in [0.29, 0.717) is 26.2 Å². The summed E-state index contributed by atoms with van der Waals surface area (Å²) in [6.07, 6.45) is 1.78. The molecule has 1 aromatic heterocycles. The lowest BCUT2D eigenvalue weighted by atomic mass is 10.1. The smallest absolute Gasteiger partial charge is 0.331 e. The van der Waals surface area contributed by atoms with Gasteiger partial charge in [0.25, 0.3) is 5.91 Å². The monoisotopic (exact) mass is 457 g/mol. The predicted octanol–water partition coefficient (Wildman–Crippen LogP) is 2.73. The van der Waals surface area contributed by atoms with Crippen LogP contribution in [0.1, 0.15) is 28.4 Å². The molecule has 10 heteroatoms. The number of carbonyl (C=O) groups excluding carboxylic acids is 3. The molecule has 0 aliphatic carbocycles. The number of piperazine rings is 1. The van der Waals surface area contributed by atoms with Crippen LogP contribution in [0.25, 0.3) is 0 Å². The number of hydrogen-bond acceptors (Lipinski definition) is 5. The number of rotatable bonds is 3. The van der Waals surface area contributed by atoms with Gasteiger partial charge in [-0.15, -0.1) is 0 Å². The van der Waals surface area contributed by atoms with Crippen LogP contribution in [0.5, 0.6) is 0 Å². The van der Waals surface area contributed by atoms with E-state index in [1.54, 1.807) is 6.20 Å². The predicted molar refractivity (Wildman–Crippen MR) is 118 cm³/mol. The van der Waals surface area contributed by atoms with Gasteiger partial charge in [0.15, 0.2) is 0 Å². The molecule has 2 aliphatic heterocycles. The van der Waals surface area contributed by atoms with Crippen molar-refractivity contribution in [2.45, 2.75) is 20.8 Å². The highest BCUT2D eigenvalue weighted by molar-refractivity contribution is 6.04. The fourth-order valence-corrected chi connectivity index (χ4v) is 4.31. The maximum atomic E-state index is 14.9. The quantitative estimate of drug-likeness (QED) is 0.709. The van der Waals surface area contributed by atoms with Gasteiger partial charge in [-0.3, -0.25) is 19.4 Å². The first kappa shape index (κ1) is 22.6. The number of aromatic nitrogens is 1. The van der Waals surface area contributed by atoms with E-state index in [4.69, 9.17) is 0 Å². The van der Waals surface area contributed by atoms with Crippen molar-refractivity contribution in [3.8, 4) is 0 Å². The maximum Gasteiger partial charge on any atom is 0.331 e. The average Bonchev–Trinajstić information content (AvgIpc) is 3.15. The summed E-state index contributed by atoms with van der Waals surface area (Å²) in [5, 5.41) is 0. The third kappa shape index (κ3) is 4.24. The van der Waals surface area contributed by atoms with Gasteiger partial charge in [0.1, 0.15) is 23.0 Å². The summed E-state index contributed by atoms with van der Waals surface area (Å²) >= 11 is 0. The lowest BCUT2D eigenvalue weighted by molar-refractivity contribution is -0.125. The Labute approximate surface area is 190 Å². The molecule has 4 rings (SSSR count). The molecular formula is C23H25F2N5O3. The van der Waals surface area contributed by atoms with Crippen molar-refractivity contribution >= 4 is 29.4 Å². The number of urea groups is 1. The molecule has 1 aromatic carbocycles. The number of anilines is 2. The number of imide groups is 1. The van der Waals surface area contributed by atoms with Crippen LogP contribution in [-0.2, 0) is 4.79 Å². The second kappa shape index (κ2) is 8.76. The van der Waals surface area contributed by atoms with Gasteiger partial charge in [-0.25, -0.2) is 18.6 Å². The van der Waals surface area contributed by atoms with Crippen molar-refractivity contribution in [3.63, 3.8) is 0 Å². The van der Waals surface area contributed by atoms with Crippen LogP contribution in [-0.4, -0.2) is 71.9 Å². The first-order chi connectivity index (χ1) is 15.7. The Morgan fingerprint density at radius 2 is 1.58 bits per heavy atom. The second-order valence-corrected chi connectivity index (χ2v) is 8.32. The molecule has 0 unspecified atom stereocenters.